The molecule has 0 aliphatic heterocycles. The van der Waals surface area contributed by atoms with Crippen LogP contribution in [0.15, 0.2) is 41.3 Å². The highest BCUT2D eigenvalue weighted by molar-refractivity contribution is 5.94. The molecular weight excluding hydrogens is 278 g/mol. The van der Waals surface area contributed by atoms with Crippen molar-refractivity contribution in [2.45, 2.75) is 38.1 Å². The Morgan fingerprint density at radius 2 is 2.32 bits per heavy atom. The zero-order valence-electron chi connectivity index (χ0n) is 12.7. The van der Waals surface area contributed by atoms with E-state index < -0.39 is 5.54 Å². The van der Waals surface area contributed by atoms with Gasteiger partial charge in [0.05, 0.1) is 12.1 Å². The molecule has 1 amide bonds. The van der Waals surface area contributed by atoms with Gasteiger partial charge in [-0.05, 0) is 31.9 Å². The second-order valence-corrected chi connectivity index (χ2v) is 6.24. The van der Waals surface area contributed by atoms with Crippen LogP contribution in [0.25, 0.3) is 11.3 Å². The molecular formula is C17H21N3O2. The Bertz CT molecular complexity index is 650. The van der Waals surface area contributed by atoms with Crippen molar-refractivity contribution in [2.75, 3.05) is 5.32 Å². The van der Waals surface area contributed by atoms with E-state index in [9.17, 15) is 4.79 Å². The molecule has 2 aromatic rings. The Labute approximate surface area is 129 Å². The highest BCUT2D eigenvalue weighted by Crippen LogP contribution is 2.32. The van der Waals surface area contributed by atoms with Crippen molar-refractivity contribution < 1.29 is 9.21 Å². The van der Waals surface area contributed by atoms with Crippen LogP contribution in [0.2, 0.25) is 0 Å². The molecule has 0 spiro atoms. The first-order valence-electron chi connectivity index (χ1n) is 7.65. The zero-order valence-corrected chi connectivity index (χ0v) is 12.7. The van der Waals surface area contributed by atoms with Crippen LogP contribution < -0.4 is 11.1 Å². The van der Waals surface area contributed by atoms with Gasteiger partial charge in [-0.3, -0.25) is 4.79 Å². The van der Waals surface area contributed by atoms with Crippen LogP contribution >= 0.6 is 0 Å². The zero-order chi connectivity index (χ0) is 15.6. The first-order chi connectivity index (χ1) is 10.6. The summed E-state index contributed by atoms with van der Waals surface area (Å²) in [6.45, 7) is 1.97. The summed E-state index contributed by atoms with van der Waals surface area (Å²) in [5.41, 5.74) is 7.51. The number of carbonyl (C=O) groups excluding carboxylic acids is 1. The molecule has 1 fully saturated rings. The first kappa shape index (κ1) is 14.8. The summed E-state index contributed by atoms with van der Waals surface area (Å²) in [6, 6.07) is 7.56. The molecule has 5 heteroatoms. The molecule has 116 valence electrons. The second kappa shape index (κ2) is 5.93. The molecule has 1 aromatic carbocycles. The normalized spacial score (nSPS) is 24.9. The number of rotatable bonds is 3. The maximum absolute atomic E-state index is 12.6. The molecule has 5 nitrogen and oxygen atoms in total. The Hall–Kier alpha value is -2.14. The number of hydrogen-bond acceptors (Lipinski definition) is 4. The number of amides is 1. The van der Waals surface area contributed by atoms with E-state index in [4.69, 9.17) is 10.2 Å². The van der Waals surface area contributed by atoms with Gasteiger partial charge in [0.2, 0.25) is 5.91 Å². The van der Waals surface area contributed by atoms with Gasteiger partial charge in [-0.1, -0.05) is 25.0 Å². The summed E-state index contributed by atoms with van der Waals surface area (Å²) < 4.78 is 5.29. The lowest BCUT2D eigenvalue weighted by Gasteiger charge is -2.37. The van der Waals surface area contributed by atoms with Crippen LogP contribution in [0, 0.1) is 5.92 Å². The SMILES string of the molecule is CC1(N)CCCCC1C(=O)Nc1cccc(-c2cnco2)c1. The van der Waals surface area contributed by atoms with Crippen molar-refractivity contribution in [1.82, 2.24) is 4.98 Å². The molecule has 1 aliphatic carbocycles. The third-order valence-corrected chi connectivity index (χ3v) is 4.42. The van der Waals surface area contributed by atoms with E-state index in [2.05, 4.69) is 10.3 Å². The van der Waals surface area contributed by atoms with E-state index in [-0.39, 0.29) is 11.8 Å². The van der Waals surface area contributed by atoms with E-state index in [0.29, 0.717) is 5.76 Å². The molecule has 1 aliphatic rings. The number of hydrogen-bond donors (Lipinski definition) is 2. The molecule has 0 saturated heterocycles. The maximum Gasteiger partial charge on any atom is 0.229 e. The lowest BCUT2D eigenvalue weighted by atomic mass is 9.74. The van der Waals surface area contributed by atoms with Crippen molar-refractivity contribution >= 4 is 11.6 Å². The van der Waals surface area contributed by atoms with E-state index in [1.54, 1.807) is 6.20 Å². The number of carbonyl (C=O) groups is 1. The van der Waals surface area contributed by atoms with Crippen molar-refractivity contribution in [3.63, 3.8) is 0 Å². The fourth-order valence-corrected chi connectivity index (χ4v) is 3.13. The molecule has 22 heavy (non-hydrogen) atoms. The Morgan fingerprint density at radius 3 is 3.05 bits per heavy atom. The number of benzene rings is 1. The summed E-state index contributed by atoms with van der Waals surface area (Å²) in [4.78, 5) is 16.5. The minimum atomic E-state index is -0.426. The average molecular weight is 299 g/mol. The van der Waals surface area contributed by atoms with Gasteiger partial charge in [0.15, 0.2) is 12.2 Å². The van der Waals surface area contributed by atoms with Gasteiger partial charge in [-0.25, -0.2) is 4.98 Å². The van der Waals surface area contributed by atoms with Crippen LogP contribution in [-0.4, -0.2) is 16.4 Å². The number of nitrogens with one attached hydrogen (secondary N) is 1. The minimum absolute atomic E-state index is 0.000537. The topological polar surface area (TPSA) is 81.2 Å². The molecule has 1 heterocycles. The Balaban J connectivity index is 1.75. The standard InChI is InChI=1S/C17H21N3O2/c1-17(18)8-3-2-7-14(17)16(21)20-13-6-4-5-12(9-13)15-10-19-11-22-15/h4-6,9-11,14H,2-3,7-8,18H2,1H3,(H,20,21). The Morgan fingerprint density at radius 1 is 1.45 bits per heavy atom. The van der Waals surface area contributed by atoms with Crippen LogP contribution in [0.1, 0.15) is 32.6 Å². The van der Waals surface area contributed by atoms with Gasteiger partial charge in [0.25, 0.3) is 0 Å². The molecule has 2 unspecified atom stereocenters. The van der Waals surface area contributed by atoms with Gasteiger partial charge < -0.3 is 15.5 Å². The van der Waals surface area contributed by atoms with Crippen LogP contribution in [0.4, 0.5) is 5.69 Å². The fourth-order valence-electron chi connectivity index (χ4n) is 3.13. The van der Waals surface area contributed by atoms with E-state index in [1.165, 1.54) is 6.39 Å². The lowest BCUT2D eigenvalue weighted by Crippen LogP contribution is -2.51. The highest BCUT2D eigenvalue weighted by Gasteiger charge is 2.37. The monoisotopic (exact) mass is 299 g/mol. The smallest absolute Gasteiger partial charge is 0.229 e. The van der Waals surface area contributed by atoms with Crippen molar-refractivity contribution in [3.05, 3.63) is 36.9 Å². The highest BCUT2D eigenvalue weighted by atomic mass is 16.3. The molecule has 3 N–H and O–H groups in total. The number of aromatic nitrogens is 1. The van der Waals surface area contributed by atoms with Crippen molar-refractivity contribution in [3.8, 4) is 11.3 Å². The van der Waals surface area contributed by atoms with E-state index in [0.717, 1.165) is 36.9 Å². The van der Waals surface area contributed by atoms with Gasteiger partial charge in [0, 0.05) is 16.8 Å². The van der Waals surface area contributed by atoms with Crippen molar-refractivity contribution in [1.29, 1.82) is 0 Å². The minimum Gasteiger partial charge on any atom is -0.444 e. The molecule has 1 saturated carbocycles. The number of nitrogens with two attached hydrogens (primary N) is 1. The van der Waals surface area contributed by atoms with Gasteiger partial charge >= 0.3 is 0 Å². The molecule has 3 rings (SSSR count). The fraction of sp³-hybridized carbons (Fsp3) is 0.412. The lowest BCUT2D eigenvalue weighted by molar-refractivity contribution is -0.122. The first-order valence-corrected chi connectivity index (χ1v) is 7.65. The third-order valence-electron chi connectivity index (χ3n) is 4.42. The van der Waals surface area contributed by atoms with E-state index >= 15 is 0 Å². The number of anilines is 1. The second-order valence-electron chi connectivity index (χ2n) is 6.24. The van der Waals surface area contributed by atoms with Gasteiger partial charge in [0.1, 0.15) is 0 Å². The van der Waals surface area contributed by atoms with Crippen LogP contribution in [-0.2, 0) is 4.79 Å². The predicted molar refractivity (Wildman–Crippen MR) is 85.1 cm³/mol. The summed E-state index contributed by atoms with van der Waals surface area (Å²) in [5, 5.41) is 2.99. The summed E-state index contributed by atoms with van der Waals surface area (Å²) in [5.74, 6) is 0.534. The van der Waals surface area contributed by atoms with Crippen LogP contribution in [0.3, 0.4) is 0 Å². The molecule has 0 radical (unpaired) electrons. The Kier molecular flexibility index (Phi) is 3.98. The molecule has 0 bridgehead atoms. The largest absolute Gasteiger partial charge is 0.444 e. The summed E-state index contributed by atoms with van der Waals surface area (Å²) in [7, 11) is 0. The molecule has 1 aromatic heterocycles. The summed E-state index contributed by atoms with van der Waals surface area (Å²) in [6.07, 6.45) is 6.94. The average Bonchev–Trinajstić information content (AvgIpc) is 3.01. The quantitative estimate of drug-likeness (QED) is 0.912. The van der Waals surface area contributed by atoms with Crippen molar-refractivity contribution in [2.24, 2.45) is 11.7 Å². The maximum atomic E-state index is 12.6. The third kappa shape index (κ3) is 3.04. The summed E-state index contributed by atoms with van der Waals surface area (Å²) >= 11 is 0. The van der Waals surface area contributed by atoms with Crippen LogP contribution in [0.5, 0.6) is 0 Å². The molecule has 2 atom stereocenters. The van der Waals surface area contributed by atoms with Gasteiger partial charge in [-0.2, -0.15) is 0 Å². The number of nitrogens with zero attached hydrogens (tertiary/aromatic N) is 1. The van der Waals surface area contributed by atoms with Gasteiger partial charge in [-0.15, -0.1) is 0 Å². The number of oxazole rings is 1. The predicted octanol–water partition coefficient (Wildman–Crippen LogP) is 3.19. The van der Waals surface area contributed by atoms with E-state index in [1.807, 2.05) is 31.2 Å².